The molecule has 1 fully saturated rings. The Morgan fingerprint density at radius 2 is 1.42 bits per heavy atom. The third-order valence-electron chi connectivity index (χ3n) is 5.50. The van der Waals surface area contributed by atoms with E-state index in [0.29, 0.717) is 29.8 Å². The van der Waals surface area contributed by atoms with Gasteiger partial charge in [-0.05, 0) is 12.1 Å². The van der Waals surface area contributed by atoms with Crippen molar-refractivity contribution in [2.75, 3.05) is 13.1 Å². The van der Waals surface area contributed by atoms with Gasteiger partial charge in [-0.15, -0.1) is 0 Å². The monoisotopic (exact) mass is 349 g/mol. The molecule has 0 bridgehead atoms. The second kappa shape index (κ2) is 6.16. The highest BCUT2D eigenvalue weighted by Crippen LogP contribution is 2.42. The molecule has 1 aliphatic heterocycles. The van der Waals surface area contributed by atoms with Crippen LogP contribution in [0.3, 0.4) is 0 Å². The molecular weight excluding hydrogens is 329 g/mol. The molecule has 1 aliphatic carbocycles. The van der Waals surface area contributed by atoms with Crippen molar-refractivity contribution in [3.05, 3.63) is 71.3 Å². The van der Waals surface area contributed by atoms with Crippen LogP contribution in [0.25, 0.3) is 0 Å². The number of hydrogen-bond acceptors (Lipinski definition) is 3. The van der Waals surface area contributed by atoms with Crippen LogP contribution in [-0.2, 0) is 0 Å². The van der Waals surface area contributed by atoms with Crippen LogP contribution in [0.5, 0.6) is 0 Å². The third-order valence-corrected chi connectivity index (χ3v) is 5.50. The molecule has 0 atom stereocenters. The summed E-state index contributed by atoms with van der Waals surface area (Å²) in [5, 5.41) is 16.8. The van der Waals surface area contributed by atoms with Gasteiger partial charge < -0.3 is 15.7 Å². The number of alkyl halides is 1. The summed E-state index contributed by atoms with van der Waals surface area (Å²) in [6, 6.07) is 16.2. The number of nitrogens with zero attached hydrogens (tertiary/aromatic N) is 1. The highest BCUT2D eigenvalue weighted by molar-refractivity contribution is 6.28. The Kier molecular flexibility index (Phi) is 3.94. The first-order valence-electron chi connectivity index (χ1n) is 8.81. The zero-order valence-corrected chi connectivity index (χ0v) is 14.3. The number of piperidine rings is 1. The van der Waals surface area contributed by atoms with Crippen molar-refractivity contribution in [1.82, 2.24) is 4.90 Å². The average Bonchev–Trinajstić information content (AvgIpc) is 2.94. The molecular formula is C21H20FN3O. The van der Waals surface area contributed by atoms with E-state index in [-0.39, 0.29) is 30.2 Å². The highest BCUT2D eigenvalue weighted by Gasteiger charge is 2.50. The lowest BCUT2D eigenvalue weighted by molar-refractivity contribution is 0.0383. The minimum atomic E-state index is -1.65. The van der Waals surface area contributed by atoms with E-state index in [1.54, 1.807) is 29.2 Å². The van der Waals surface area contributed by atoms with Crippen molar-refractivity contribution < 1.29 is 9.18 Å². The zero-order chi connectivity index (χ0) is 18.3. The van der Waals surface area contributed by atoms with E-state index >= 15 is 4.39 Å². The molecule has 1 saturated heterocycles. The van der Waals surface area contributed by atoms with Crippen LogP contribution in [0.4, 0.5) is 4.39 Å². The van der Waals surface area contributed by atoms with E-state index in [1.807, 2.05) is 30.3 Å². The normalized spacial score (nSPS) is 21.6. The molecule has 0 spiro atoms. The smallest absolute Gasteiger partial charge is 0.253 e. The maximum atomic E-state index is 15.8. The summed E-state index contributed by atoms with van der Waals surface area (Å²) in [5.74, 6) is -0.929. The largest absolute Gasteiger partial charge is 0.338 e. The van der Waals surface area contributed by atoms with Crippen molar-refractivity contribution in [1.29, 1.82) is 10.8 Å². The van der Waals surface area contributed by atoms with Crippen LogP contribution in [0.15, 0.2) is 54.6 Å². The lowest BCUT2D eigenvalue weighted by atomic mass is 9.77. The summed E-state index contributed by atoms with van der Waals surface area (Å²) in [6.07, 6.45) is 0.296. The van der Waals surface area contributed by atoms with Crippen molar-refractivity contribution >= 4 is 17.3 Å². The maximum absolute atomic E-state index is 15.8. The van der Waals surface area contributed by atoms with E-state index in [2.05, 4.69) is 0 Å². The van der Waals surface area contributed by atoms with Crippen molar-refractivity contribution in [3.8, 4) is 0 Å². The van der Waals surface area contributed by atoms with Crippen LogP contribution in [0.1, 0.15) is 34.3 Å². The average molecular weight is 349 g/mol. The van der Waals surface area contributed by atoms with E-state index in [0.717, 1.165) is 0 Å². The third kappa shape index (κ3) is 2.55. The van der Waals surface area contributed by atoms with Gasteiger partial charge in [-0.3, -0.25) is 4.79 Å². The molecule has 5 heteroatoms. The van der Waals surface area contributed by atoms with Crippen molar-refractivity contribution in [2.24, 2.45) is 5.92 Å². The summed E-state index contributed by atoms with van der Waals surface area (Å²) in [5.41, 5.74) is 0.643. The fourth-order valence-corrected chi connectivity index (χ4v) is 4.06. The van der Waals surface area contributed by atoms with E-state index < -0.39 is 11.6 Å². The number of likely N-dealkylation sites (tertiary alicyclic amines) is 1. The molecule has 0 saturated carbocycles. The van der Waals surface area contributed by atoms with Gasteiger partial charge in [0, 0.05) is 42.6 Å². The molecule has 0 unspecified atom stereocenters. The number of rotatable bonds is 2. The number of carbonyl (C=O) groups is 1. The number of nitrogens with one attached hydrogen (secondary N) is 2. The van der Waals surface area contributed by atoms with Crippen LogP contribution in [-0.4, -0.2) is 41.0 Å². The van der Waals surface area contributed by atoms with Gasteiger partial charge in [-0.25, -0.2) is 4.39 Å². The SMILES string of the molecule is N=C1c2ccccc2C(=N)C1C1(F)CCN(C(=O)c2ccccc2)CC1. The lowest BCUT2D eigenvalue weighted by Gasteiger charge is -2.39. The molecule has 2 aromatic rings. The van der Waals surface area contributed by atoms with Crippen LogP contribution in [0.2, 0.25) is 0 Å². The molecule has 0 aromatic heterocycles. The van der Waals surface area contributed by atoms with Gasteiger partial charge in [-0.1, -0.05) is 42.5 Å². The molecule has 132 valence electrons. The maximum Gasteiger partial charge on any atom is 0.253 e. The fourth-order valence-electron chi connectivity index (χ4n) is 4.06. The van der Waals surface area contributed by atoms with Gasteiger partial charge in [0.1, 0.15) is 5.67 Å². The first-order valence-corrected chi connectivity index (χ1v) is 8.81. The van der Waals surface area contributed by atoms with Gasteiger partial charge in [-0.2, -0.15) is 0 Å². The number of hydrogen-bond donors (Lipinski definition) is 2. The number of fused-ring (bicyclic) bond motifs is 1. The van der Waals surface area contributed by atoms with Crippen LogP contribution >= 0.6 is 0 Å². The second-order valence-electron chi connectivity index (χ2n) is 7.00. The Morgan fingerprint density at radius 3 is 1.96 bits per heavy atom. The molecule has 4 nitrogen and oxygen atoms in total. The van der Waals surface area contributed by atoms with E-state index in [4.69, 9.17) is 10.8 Å². The summed E-state index contributed by atoms with van der Waals surface area (Å²) in [4.78, 5) is 14.2. The Morgan fingerprint density at radius 1 is 0.923 bits per heavy atom. The molecule has 2 N–H and O–H groups in total. The van der Waals surface area contributed by atoms with E-state index in [1.165, 1.54) is 0 Å². The summed E-state index contributed by atoms with van der Waals surface area (Å²) >= 11 is 0. The first kappa shape index (κ1) is 16.6. The van der Waals surface area contributed by atoms with Gasteiger partial charge >= 0.3 is 0 Å². The first-order chi connectivity index (χ1) is 12.5. The van der Waals surface area contributed by atoms with Crippen LogP contribution < -0.4 is 0 Å². The van der Waals surface area contributed by atoms with Gasteiger partial charge in [0.25, 0.3) is 5.91 Å². The fraction of sp³-hybridized carbons (Fsp3) is 0.286. The Bertz CT molecular complexity index is 850. The van der Waals surface area contributed by atoms with Crippen molar-refractivity contribution in [2.45, 2.75) is 18.5 Å². The molecule has 2 aliphatic rings. The zero-order valence-electron chi connectivity index (χ0n) is 14.3. The van der Waals surface area contributed by atoms with Gasteiger partial charge in [0.05, 0.1) is 17.3 Å². The minimum Gasteiger partial charge on any atom is -0.338 e. The molecule has 4 rings (SSSR count). The van der Waals surface area contributed by atoms with Gasteiger partial charge in [0.2, 0.25) is 0 Å². The molecule has 2 aromatic carbocycles. The van der Waals surface area contributed by atoms with Crippen LogP contribution in [0, 0.1) is 16.7 Å². The number of amides is 1. The Labute approximate surface area is 151 Å². The number of halogens is 1. The molecule has 0 radical (unpaired) electrons. The number of carbonyl (C=O) groups excluding carboxylic acids is 1. The highest BCUT2D eigenvalue weighted by atomic mass is 19.1. The Hall–Kier alpha value is -2.82. The second-order valence-corrected chi connectivity index (χ2v) is 7.00. The Balaban J connectivity index is 1.52. The predicted molar refractivity (Wildman–Crippen MR) is 99.0 cm³/mol. The minimum absolute atomic E-state index is 0.0903. The predicted octanol–water partition coefficient (Wildman–Crippen LogP) is 3.70. The standard InChI is InChI=1S/C21H20FN3O/c22-21(17-18(23)15-8-4-5-9-16(15)19(17)24)10-12-25(13-11-21)20(26)14-6-2-1-3-7-14/h1-9,17,23-24H,10-13H2. The topological polar surface area (TPSA) is 68.0 Å². The summed E-state index contributed by atoms with van der Waals surface area (Å²) in [7, 11) is 0. The van der Waals surface area contributed by atoms with E-state index in [9.17, 15) is 4.79 Å². The van der Waals surface area contributed by atoms with Crippen molar-refractivity contribution in [3.63, 3.8) is 0 Å². The number of benzene rings is 2. The quantitative estimate of drug-likeness (QED) is 0.853. The van der Waals surface area contributed by atoms with Gasteiger partial charge in [0.15, 0.2) is 0 Å². The molecule has 1 heterocycles. The summed E-state index contributed by atoms with van der Waals surface area (Å²) in [6.45, 7) is 0.606. The lowest BCUT2D eigenvalue weighted by Crippen LogP contribution is -2.50. The summed E-state index contributed by atoms with van der Waals surface area (Å²) < 4.78 is 15.8. The molecule has 26 heavy (non-hydrogen) atoms. The molecule has 1 amide bonds.